The average molecular weight is 171 g/mol. The number of aliphatic hydroxyl groups excluding tert-OH is 1. The first-order valence-electron chi connectivity index (χ1n) is 3.60. The molecule has 0 atom stereocenters. The minimum absolute atomic E-state index is 0.0563. The second kappa shape index (κ2) is 2.91. The molecule has 0 bridgehead atoms. The summed E-state index contributed by atoms with van der Waals surface area (Å²) in [5, 5.41) is 9.57. The summed E-state index contributed by atoms with van der Waals surface area (Å²) in [7, 11) is 0. The molecule has 0 fully saturated rings. The molecule has 11 heavy (non-hydrogen) atoms. The quantitative estimate of drug-likeness (QED) is 0.700. The van der Waals surface area contributed by atoms with Crippen LogP contribution in [-0.2, 0) is 12.0 Å². The van der Waals surface area contributed by atoms with E-state index in [-0.39, 0.29) is 12.0 Å². The fourth-order valence-corrected chi connectivity index (χ4v) is 1.57. The van der Waals surface area contributed by atoms with Gasteiger partial charge in [-0.25, -0.2) is 4.98 Å². The zero-order chi connectivity index (χ0) is 8.48. The normalized spacial score (nSPS) is 12.0. The Kier molecular flexibility index (Phi) is 2.30. The molecule has 0 amide bonds. The SMILES string of the molecule is CC(C)(C)c1cnc(CO)s1. The van der Waals surface area contributed by atoms with Crippen LogP contribution in [0.4, 0.5) is 0 Å². The predicted molar refractivity (Wildman–Crippen MR) is 46.7 cm³/mol. The summed E-state index contributed by atoms with van der Waals surface area (Å²) in [4.78, 5) is 5.29. The number of thiazole rings is 1. The maximum atomic E-state index is 8.76. The van der Waals surface area contributed by atoms with Crippen LogP contribution < -0.4 is 0 Å². The van der Waals surface area contributed by atoms with Gasteiger partial charge in [-0.1, -0.05) is 20.8 Å². The summed E-state index contributed by atoms with van der Waals surface area (Å²) >= 11 is 1.58. The van der Waals surface area contributed by atoms with E-state index in [1.165, 1.54) is 4.88 Å². The molecule has 0 aliphatic rings. The summed E-state index contributed by atoms with van der Waals surface area (Å²) in [6.07, 6.45) is 1.84. The van der Waals surface area contributed by atoms with Crippen molar-refractivity contribution in [3.63, 3.8) is 0 Å². The largest absolute Gasteiger partial charge is 0.389 e. The third kappa shape index (κ3) is 2.01. The van der Waals surface area contributed by atoms with Crippen molar-refractivity contribution in [2.75, 3.05) is 0 Å². The summed E-state index contributed by atoms with van der Waals surface area (Å²) in [5.41, 5.74) is 0.158. The fourth-order valence-electron chi connectivity index (χ4n) is 0.730. The van der Waals surface area contributed by atoms with E-state index in [0.29, 0.717) is 0 Å². The Balaban J connectivity index is 2.89. The highest BCUT2D eigenvalue weighted by atomic mass is 32.1. The van der Waals surface area contributed by atoms with Gasteiger partial charge in [0.05, 0.1) is 6.61 Å². The Bertz CT molecular complexity index is 236. The van der Waals surface area contributed by atoms with Gasteiger partial charge in [0, 0.05) is 11.1 Å². The average Bonchev–Trinajstić information content (AvgIpc) is 2.32. The Morgan fingerprint density at radius 2 is 2.18 bits per heavy atom. The second-order valence-electron chi connectivity index (χ2n) is 3.53. The Morgan fingerprint density at radius 1 is 1.55 bits per heavy atom. The van der Waals surface area contributed by atoms with Gasteiger partial charge >= 0.3 is 0 Å². The molecule has 1 heterocycles. The summed E-state index contributed by atoms with van der Waals surface area (Å²) in [5.74, 6) is 0. The molecule has 0 saturated heterocycles. The number of aliphatic hydroxyl groups is 1. The Morgan fingerprint density at radius 3 is 2.45 bits per heavy atom. The van der Waals surface area contributed by atoms with E-state index >= 15 is 0 Å². The van der Waals surface area contributed by atoms with Gasteiger partial charge in [-0.15, -0.1) is 11.3 Å². The van der Waals surface area contributed by atoms with E-state index in [1.807, 2.05) is 6.20 Å². The molecule has 1 N–H and O–H groups in total. The van der Waals surface area contributed by atoms with Gasteiger partial charge in [-0.3, -0.25) is 0 Å². The molecule has 0 saturated carbocycles. The molecule has 0 aliphatic carbocycles. The number of hydrogen-bond acceptors (Lipinski definition) is 3. The number of hydrogen-bond donors (Lipinski definition) is 1. The molecule has 0 unspecified atom stereocenters. The molecule has 3 heteroatoms. The van der Waals surface area contributed by atoms with Crippen molar-refractivity contribution in [3.05, 3.63) is 16.1 Å². The van der Waals surface area contributed by atoms with E-state index in [9.17, 15) is 0 Å². The van der Waals surface area contributed by atoms with Gasteiger partial charge in [0.25, 0.3) is 0 Å². The van der Waals surface area contributed by atoms with Crippen LogP contribution in [-0.4, -0.2) is 10.1 Å². The maximum Gasteiger partial charge on any atom is 0.118 e. The Labute approximate surface area is 70.9 Å². The highest BCUT2D eigenvalue weighted by Crippen LogP contribution is 2.27. The third-order valence-electron chi connectivity index (χ3n) is 1.43. The molecule has 0 radical (unpaired) electrons. The van der Waals surface area contributed by atoms with E-state index in [2.05, 4.69) is 25.8 Å². The first-order valence-corrected chi connectivity index (χ1v) is 4.42. The van der Waals surface area contributed by atoms with Crippen LogP contribution in [0, 0.1) is 0 Å². The predicted octanol–water partition coefficient (Wildman–Crippen LogP) is 1.93. The van der Waals surface area contributed by atoms with Crippen molar-refractivity contribution in [2.24, 2.45) is 0 Å². The molecule has 0 spiro atoms. The van der Waals surface area contributed by atoms with E-state index in [4.69, 9.17) is 5.11 Å². The summed E-state index contributed by atoms with van der Waals surface area (Å²) in [6.45, 7) is 6.48. The van der Waals surface area contributed by atoms with Crippen LogP contribution >= 0.6 is 11.3 Å². The molecule has 2 nitrogen and oxygen atoms in total. The van der Waals surface area contributed by atoms with Crippen LogP contribution in [0.5, 0.6) is 0 Å². The molecule has 62 valence electrons. The molecular formula is C8H13NOS. The van der Waals surface area contributed by atoms with Gasteiger partial charge in [0.15, 0.2) is 0 Å². The Hall–Kier alpha value is -0.410. The first kappa shape index (κ1) is 8.68. The minimum Gasteiger partial charge on any atom is -0.389 e. The number of nitrogens with zero attached hydrogens (tertiary/aromatic N) is 1. The smallest absolute Gasteiger partial charge is 0.118 e. The van der Waals surface area contributed by atoms with Crippen LogP contribution in [0.25, 0.3) is 0 Å². The lowest BCUT2D eigenvalue weighted by molar-refractivity contribution is 0.281. The van der Waals surface area contributed by atoms with Crippen LogP contribution in [0.1, 0.15) is 30.7 Å². The number of rotatable bonds is 1. The van der Waals surface area contributed by atoms with Gasteiger partial charge in [-0.05, 0) is 5.41 Å². The lowest BCUT2D eigenvalue weighted by Gasteiger charge is -2.14. The van der Waals surface area contributed by atoms with E-state index in [0.717, 1.165) is 5.01 Å². The molecule has 0 aromatic carbocycles. The zero-order valence-electron chi connectivity index (χ0n) is 7.09. The zero-order valence-corrected chi connectivity index (χ0v) is 7.90. The highest BCUT2D eigenvalue weighted by molar-refractivity contribution is 7.11. The van der Waals surface area contributed by atoms with E-state index < -0.39 is 0 Å². The van der Waals surface area contributed by atoms with Crippen LogP contribution in [0.3, 0.4) is 0 Å². The van der Waals surface area contributed by atoms with Crippen LogP contribution in [0.15, 0.2) is 6.20 Å². The molecule has 1 aromatic heterocycles. The van der Waals surface area contributed by atoms with Crippen LogP contribution in [0.2, 0.25) is 0 Å². The third-order valence-corrected chi connectivity index (χ3v) is 2.84. The first-order chi connectivity index (χ1) is 5.04. The van der Waals surface area contributed by atoms with Crippen molar-refractivity contribution in [2.45, 2.75) is 32.8 Å². The monoisotopic (exact) mass is 171 g/mol. The lowest BCUT2D eigenvalue weighted by Crippen LogP contribution is -2.07. The van der Waals surface area contributed by atoms with Gasteiger partial charge in [0.1, 0.15) is 5.01 Å². The molecule has 1 rings (SSSR count). The molecule has 1 aromatic rings. The van der Waals surface area contributed by atoms with Crippen molar-refractivity contribution in [3.8, 4) is 0 Å². The van der Waals surface area contributed by atoms with E-state index in [1.54, 1.807) is 11.3 Å². The van der Waals surface area contributed by atoms with Crippen molar-refractivity contribution < 1.29 is 5.11 Å². The van der Waals surface area contributed by atoms with Crippen molar-refractivity contribution >= 4 is 11.3 Å². The lowest BCUT2D eigenvalue weighted by atomic mass is 9.96. The second-order valence-corrected chi connectivity index (χ2v) is 4.64. The topological polar surface area (TPSA) is 33.1 Å². The van der Waals surface area contributed by atoms with Crippen molar-refractivity contribution in [1.29, 1.82) is 0 Å². The minimum atomic E-state index is 0.0563. The fraction of sp³-hybridized carbons (Fsp3) is 0.625. The molecular weight excluding hydrogens is 158 g/mol. The van der Waals surface area contributed by atoms with Gasteiger partial charge < -0.3 is 5.11 Å². The van der Waals surface area contributed by atoms with Gasteiger partial charge in [-0.2, -0.15) is 0 Å². The summed E-state index contributed by atoms with van der Waals surface area (Å²) < 4.78 is 0. The van der Waals surface area contributed by atoms with Gasteiger partial charge in [0.2, 0.25) is 0 Å². The summed E-state index contributed by atoms with van der Waals surface area (Å²) in [6, 6.07) is 0. The van der Waals surface area contributed by atoms with Crippen molar-refractivity contribution in [1.82, 2.24) is 4.98 Å². The highest BCUT2D eigenvalue weighted by Gasteiger charge is 2.16. The standard InChI is InChI=1S/C8H13NOS/c1-8(2,3)6-4-9-7(5-10)11-6/h4,10H,5H2,1-3H3. The molecule has 0 aliphatic heterocycles. The maximum absolute atomic E-state index is 8.76. The number of aromatic nitrogens is 1.